The molecule has 19 heavy (non-hydrogen) atoms. The van der Waals surface area contributed by atoms with E-state index in [1.165, 1.54) is 18.2 Å². The highest BCUT2D eigenvalue weighted by Gasteiger charge is 2.13. The van der Waals surface area contributed by atoms with Crippen LogP contribution < -0.4 is 0 Å². The van der Waals surface area contributed by atoms with Crippen molar-refractivity contribution in [2.45, 2.75) is 18.7 Å². The van der Waals surface area contributed by atoms with Gasteiger partial charge in [-0.3, -0.25) is 0 Å². The van der Waals surface area contributed by atoms with Gasteiger partial charge in [0.2, 0.25) is 0 Å². The molecule has 1 unspecified atom stereocenters. The van der Waals surface area contributed by atoms with Gasteiger partial charge in [0.1, 0.15) is 17.5 Å². The van der Waals surface area contributed by atoms with Gasteiger partial charge >= 0.3 is 0 Å². The number of halogens is 4. The van der Waals surface area contributed by atoms with Crippen molar-refractivity contribution in [3.8, 4) is 0 Å². The smallest absolute Gasteiger partial charge is 0.129 e. The van der Waals surface area contributed by atoms with Crippen LogP contribution in [-0.4, -0.2) is 0 Å². The second-order valence-electron chi connectivity index (χ2n) is 4.42. The molecule has 0 radical (unpaired) electrons. The standard InChI is InChI=1S/C15H12ClF3/c1-9-2-3-10(7-14(9)18)13(16)6-11-4-5-12(17)8-15(11)19/h2-5,7-8,13H,6H2,1H3. The molecule has 1 atom stereocenters. The molecule has 0 aromatic heterocycles. The predicted octanol–water partition coefficient (Wildman–Crippen LogP) is 4.93. The molecule has 0 heterocycles. The van der Waals surface area contributed by atoms with E-state index in [9.17, 15) is 13.2 Å². The first-order valence-electron chi connectivity index (χ1n) is 5.81. The molecule has 0 bridgehead atoms. The van der Waals surface area contributed by atoms with E-state index in [1.54, 1.807) is 19.1 Å². The molecule has 2 aromatic carbocycles. The van der Waals surface area contributed by atoms with Crippen LogP contribution in [0.1, 0.15) is 22.1 Å². The lowest BCUT2D eigenvalue weighted by atomic mass is 10.0. The van der Waals surface area contributed by atoms with E-state index in [-0.39, 0.29) is 12.2 Å². The van der Waals surface area contributed by atoms with Crippen molar-refractivity contribution in [2.75, 3.05) is 0 Å². The van der Waals surface area contributed by atoms with Crippen LogP contribution >= 0.6 is 11.6 Å². The van der Waals surface area contributed by atoms with E-state index in [0.717, 1.165) is 6.07 Å². The van der Waals surface area contributed by atoms with Crippen LogP contribution in [0, 0.1) is 24.4 Å². The highest BCUT2D eigenvalue weighted by atomic mass is 35.5. The minimum Gasteiger partial charge on any atom is -0.207 e. The molecule has 0 aliphatic carbocycles. The summed E-state index contributed by atoms with van der Waals surface area (Å²) in [5, 5.41) is -0.560. The molecule has 0 nitrogen and oxygen atoms in total. The van der Waals surface area contributed by atoms with Gasteiger partial charge in [-0.05, 0) is 42.2 Å². The first-order valence-corrected chi connectivity index (χ1v) is 6.25. The molecular formula is C15H12ClF3. The summed E-state index contributed by atoms with van der Waals surface area (Å²) in [4.78, 5) is 0. The molecule has 0 fully saturated rings. The maximum Gasteiger partial charge on any atom is 0.129 e. The molecular weight excluding hydrogens is 273 g/mol. The number of hydrogen-bond acceptors (Lipinski definition) is 0. The van der Waals surface area contributed by atoms with Gasteiger partial charge in [0.05, 0.1) is 5.38 Å². The van der Waals surface area contributed by atoms with Crippen LogP contribution in [0.3, 0.4) is 0 Å². The average molecular weight is 285 g/mol. The predicted molar refractivity (Wildman–Crippen MR) is 69.8 cm³/mol. The Morgan fingerprint density at radius 2 is 1.74 bits per heavy atom. The van der Waals surface area contributed by atoms with E-state index in [2.05, 4.69) is 0 Å². The maximum atomic E-state index is 13.5. The number of alkyl halides is 1. The highest BCUT2D eigenvalue weighted by molar-refractivity contribution is 6.20. The third-order valence-electron chi connectivity index (χ3n) is 2.97. The molecule has 0 amide bonds. The van der Waals surface area contributed by atoms with E-state index < -0.39 is 17.0 Å². The van der Waals surface area contributed by atoms with Gasteiger partial charge in [-0.2, -0.15) is 0 Å². The molecule has 0 saturated carbocycles. The monoisotopic (exact) mass is 284 g/mol. The SMILES string of the molecule is Cc1ccc(C(Cl)Cc2ccc(F)cc2F)cc1F. The van der Waals surface area contributed by atoms with E-state index in [0.29, 0.717) is 16.7 Å². The molecule has 0 N–H and O–H groups in total. The molecule has 0 aliphatic rings. The van der Waals surface area contributed by atoms with Gasteiger partial charge in [0.25, 0.3) is 0 Å². The zero-order valence-electron chi connectivity index (χ0n) is 10.3. The highest BCUT2D eigenvalue weighted by Crippen LogP contribution is 2.27. The van der Waals surface area contributed by atoms with Crippen molar-refractivity contribution in [2.24, 2.45) is 0 Å². The molecule has 0 saturated heterocycles. The number of hydrogen-bond donors (Lipinski definition) is 0. The van der Waals surface area contributed by atoms with Crippen molar-refractivity contribution >= 4 is 11.6 Å². The molecule has 0 spiro atoms. The Morgan fingerprint density at radius 1 is 1.00 bits per heavy atom. The maximum absolute atomic E-state index is 13.5. The second-order valence-corrected chi connectivity index (χ2v) is 4.94. The lowest BCUT2D eigenvalue weighted by Crippen LogP contribution is -2.00. The summed E-state index contributed by atoms with van der Waals surface area (Å²) >= 11 is 6.15. The molecule has 0 aliphatic heterocycles. The van der Waals surface area contributed by atoms with Gasteiger partial charge in [0, 0.05) is 6.07 Å². The lowest BCUT2D eigenvalue weighted by molar-refractivity contribution is 0.570. The number of rotatable bonds is 3. The summed E-state index contributed by atoms with van der Waals surface area (Å²) in [6.07, 6.45) is 0.177. The lowest BCUT2D eigenvalue weighted by Gasteiger charge is -2.11. The Hall–Kier alpha value is -1.48. The summed E-state index contributed by atoms with van der Waals surface area (Å²) in [6.45, 7) is 1.65. The van der Waals surface area contributed by atoms with Gasteiger partial charge in [0.15, 0.2) is 0 Å². The fourth-order valence-corrected chi connectivity index (χ4v) is 2.10. The number of aryl methyl sites for hydroxylation is 1. The Bertz CT molecular complexity index is 596. The van der Waals surface area contributed by atoms with Crippen LogP contribution in [0.5, 0.6) is 0 Å². The summed E-state index contributed by atoms with van der Waals surface area (Å²) in [5.74, 6) is -1.62. The molecule has 100 valence electrons. The Balaban J connectivity index is 2.20. The van der Waals surface area contributed by atoms with Crippen LogP contribution in [0.4, 0.5) is 13.2 Å². The largest absolute Gasteiger partial charge is 0.207 e. The number of benzene rings is 2. The van der Waals surface area contributed by atoms with Crippen molar-refractivity contribution < 1.29 is 13.2 Å². The van der Waals surface area contributed by atoms with E-state index in [1.807, 2.05) is 0 Å². The summed E-state index contributed by atoms with van der Waals surface area (Å²) in [5.41, 5.74) is 1.41. The van der Waals surface area contributed by atoms with Gasteiger partial charge < -0.3 is 0 Å². The van der Waals surface area contributed by atoms with E-state index >= 15 is 0 Å². The second kappa shape index (κ2) is 5.66. The van der Waals surface area contributed by atoms with Crippen molar-refractivity contribution in [1.82, 2.24) is 0 Å². The molecule has 4 heteroatoms. The summed E-state index contributed by atoms with van der Waals surface area (Å²) < 4.78 is 39.7. The van der Waals surface area contributed by atoms with Crippen molar-refractivity contribution in [3.63, 3.8) is 0 Å². The first-order chi connectivity index (χ1) is 8.97. The van der Waals surface area contributed by atoms with Crippen molar-refractivity contribution in [1.29, 1.82) is 0 Å². The van der Waals surface area contributed by atoms with Gasteiger partial charge in [-0.15, -0.1) is 11.6 Å². The van der Waals surface area contributed by atoms with Crippen LogP contribution in [0.15, 0.2) is 36.4 Å². The first kappa shape index (κ1) is 13.9. The quantitative estimate of drug-likeness (QED) is 0.701. The van der Waals surface area contributed by atoms with Crippen LogP contribution in [0.25, 0.3) is 0 Å². The minimum absolute atomic E-state index is 0.177. The third kappa shape index (κ3) is 3.29. The Kier molecular flexibility index (Phi) is 4.15. The average Bonchev–Trinajstić information content (AvgIpc) is 2.36. The fraction of sp³-hybridized carbons (Fsp3) is 0.200. The normalized spacial score (nSPS) is 12.5. The fourth-order valence-electron chi connectivity index (χ4n) is 1.80. The summed E-state index contributed by atoms with van der Waals surface area (Å²) in [6, 6.07) is 8.02. The van der Waals surface area contributed by atoms with Crippen LogP contribution in [0.2, 0.25) is 0 Å². The topological polar surface area (TPSA) is 0 Å². The van der Waals surface area contributed by atoms with Crippen molar-refractivity contribution in [3.05, 3.63) is 70.5 Å². The van der Waals surface area contributed by atoms with Gasteiger partial charge in [-0.1, -0.05) is 18.2 Å². The summed E-state index contributed by atoms with van der Waals surface area (Å²) in [7, 11) is 0. The van der Waals surface area contributed by atoms with Gasteiger partial charge in [-0.25, -0.2) is 13.2 Å². The van der Waals surface area contributed by atoms with E-state index in [4.69, 9.17) is 11.6 Å². The Labute approximate surface area is 114 Å². The zero-order valence-corrected chi connectivity index (χ0v) is 11.0. The minimum atomic E-state index is -0.641. The third-order valence-corrected chi connectivity index (χ3v) is 3.38. The zero-order chi connectivity index (χ0) is 14.0. The Morgan fingerprint density at radius 3 is 2.37 bits per heavy atom. The van der Waals surface area contributed by atoms with Crippen LogP contribution in [-0.2, 0) is 6.42 Å². The molecule has 2 rings (SSSR count). The molecule has 2 aromatic rings.